The molecule has 1 unspecified atom stereocenters. The van der Waals surface area contributed by atoms with Crippen LogP contribution in [0.15, 0.2) is 18.2 Å². The minimum absolute atomic E-state index is 0.172. The van der Waals surface area contributed by atoms with E-state index in [0.29, 0.717) is 10.0 Å². The smallest absolute Gasteiger partial charge is 0.0825 e. The number of nitrogens with zero attached hydrogens (tertiary/aromatic N) is 1. The Morgan fingerprint density at radius 2 is 2.12 bits per heavy atom. The second kappa shape index (κ2) is 4.44. The Kier molecular flexibility index (Phi) is 3.34. The van der Waals surface area contributed by atoms with Crippen LogP contribution in [0.2, 0.25) is 10.0 Å². The van der Waals surface area contributed by atoms with E-state index in [1.165, 1.54) is 0 Å². The Labute approximate surface area is 107 Å². The first-order valence-electron chi connectivity index (χ1n) is 5.44. The van der Waals surface area contributed by atoms with E-state index in [1.54, 1.807) is 0 Å². The van der Waals surface area contributed by atoms with Gasteiger partial charge in [0.15, 0.2) is 0 Å². The highest BCUT2D eigenvalue weighted by Gasteiger charge is 2.33. The number of likely N-dealkylation sites (N-methyl/N-ethyl adjacent to an activating group) is 1. The molecule has 1 saturated heterocycles. The zero-order valence-corrected chi connectivity index (χ0v) is 11.1. The number of benzene rings is 1. The molecule has 1 aromatic carbocycles. The van der Waals surface area contributed by atoms with E-state index in [-0.39, 0.29) is 5.54 Å². The Morgan fingerprint density at radius 3 is 2.75 bits per heavy atom. The molecule has 1 N–H and O–H groups in total. The van der Waals surface area contributed by atoms with Crippen molar-refractivity contribution in [3.05, 3.63) is 28.2 Å². The Hall–Kier alpha value is -0.440. The molecule has 1 aromatic rings. The van der Waals surface area contributed by atoms with Crippen molar-refractivity contribution in [1.29, 1.82) is 0 Å². The van der Waals surface area contributed by atoms with Crippen LogP contribution in [0.1, 0.15) is 13.3 Å². The molecule has 88 valence electrons. The summed E-state index contributed by atoms with van der Waals surface area (Å²) >= 11 is 12.2. The molecule has 1 aliphatic heterocycles. The molecule has 0 saturated carbocycles. The van der Waals surface area contributed by atoms with Gasteiger partial charge in [-0.05, 0) is 32.5 Å². The molecule has 0 amide bonds. The van der Waals surface area contributed by atoms with Crippen LogP contribution >= 0.6 is 23.2 Å². The van der Waals surface area contributed by atoms with Crippen molar-refractivity contribution in [2.75, 3.05) is 25.0 Å². The summed E-state index contributed by atoms with van der Waals surface area (Å²) in [6.07, 6.45) is 1.12. The van der Waals surface area contributed by atoms with Crippen molar-refractivity contribution in [2.45, 2.75) is 18.9 Å². The third kappa shape index (κ3) is 2.15. The molecular weight excluding hydrogens is 243 g/mol. The normalized spacial score (nSPS) is 25.1. The number of anilines is 1. The Bertz CT molecular complexity index is 395. The van der Waals surface area contributed by atoms with Crippen LogP contribution in [-0.2, 0) is 0 Å². The summed E-state index contributed by atoms with van der Waals surface area (Å²) in [5.74, 6) is 0. The van der Waals surface area contributed by atoms with E-state index in [9.17, 15) is 0 Å². The fourth-order valence-corrected chi connectivity index (χ4v) is 2.52. The van der Waals surface area contributed by atoms with Crippen LogP contribution in [0.4, 0.5) is 5.69 Å². The molecule has 4 heteroatoms. The predicted octanol–water partition coefficient (Wildman–Crippen LogP) is 3.18. The number of nitrogens with one attached hydrogen (secondary N) is 1. The van der Waals surface area contributed by atoms with E-state index >= 15 is 0 Å². The van der Waals surface area contributed by atoms with Gasteiger partial charge in [0.1, 0.15) is 0 Å². The summed E-state index contributed by atoms with van der Waals surface area (Å²) < 4.78 is 0. The molecule has 0 radical (unpaired) electrons. The van der Waals surface area contributed by atoms with Gasteiger partial charge in [-0.1, -0.05) is 29.3 Å². The minimum atomic E-state index is 0.172. The summed E-state index contributed by atoms with van der Waals surface area (Å²) in [5, 5.41) is 4.64. The van der Waals surface area contributed by atoms with Crippen LogP contribution in [0.25, 0.3) is 0 Å². The van der Waals surface area contributed by atoms with Gasteiger partial charge in [-0.2, -0.15) is 0 Å². The first-order valence-corrected chi connectivity index (χ1v) is 6.19. The third-order valence-corrected chi connectivity index (χ3v) is 4.16. The average molecular weight is 259 g/mol. The molecule has 16 heavy (non-hydrogen) atoms. The van der Waals surface area contributed by atoms with Crippen molar-refractivity contribution < 1.29 is 0 Å². The number of rotatable bonds is 2. The second-order valence-corrected chi connectivity index (χ2v) is 5.34. The fourth-order valence-electron chi connectivity index (χ4n) is 2.11. The number of halogens is 2. The summed E-state index contributed by atoms with van der Waals surface area (Å²) in [6.45, 7) is 4.20. The molecule has 2 nitrogen and oxygen atoms in total. The molecule has 0 aliphatic carbocycles. The topological polar surface area (TPSA) is 15.3 Å². The first kappa shape index (κ1) is 12.0. The SMILES string of the molecule is CNC1(C)CCN(c2cccc(Cl)c2Cl)C1. The van der Waals surface area contributed by atoms with Crippen LogP contribution in [0.3, 0.4) is 0 Å². The Balaban J connectivity index is 2.24. The van der Waals surface area contributed by atoms with Crippen molar-refractivity contribution in [2.24, 2.45) is 0 Å². The van der Waals surface area contributed by atoms with Gasteiger partial charge in [-0.15, -0.1) is 0 Å². The molecule has 1 aliphatic rings. The Morgan fingerprint density at radius 1 is 1.38 bits per heavy atom. The molecule has 0 spiro atoms. The van der Waals surface area contributed by atoms with Gasteiger partial charge in [-0.25, -0.2) is 0 Å². The van der Waals surface area contributed by atoms with E-state index in [0.717, 1.165) is 25.2 Å². The van der Waals surface area contributed by atoms with Crippen molar-refractivity contribution in [3.8, 4) is 0 Å². The van der Waals surface area contributed by atoms with Gasteiger partial charge in [-0.3, -0.25) is 0 Å². The number of hydrogen-bond acceptors (Lipinski definition) is 2. The predicted molar refractivity (Wildman–Crippen MR) is 70.8 cm³/mol. The third-order valence-electron chi connectivity index (χ3n) is 3.35. The maximum Gasteiger partial charge on any atom is 0.0825 e. The van der Waals surface area contributed by atoms with E-state index in [4.69, 9.17) is 23.2 Å². The summed E-state index contributed by atoms with van der Waals surface area (Å²) in [6, 6.07) is 5.79. The van der Waals surface area contributed by atoms with Crippen molar-refractivity contribution in [3.63, 3.8) is 0 Å². The average Bonchev–Trinajstić information content (AvgIpc) is 2.66. The van der Waals surface area contributed by atoms with Gasteiger partial charge < -0.3 is 10.2 Å². The van der Waals surface area contributed by atoms with Crippen LogP contribution in [-0.4, -0.2) is 25.7 Å². The van der Waals surface area contributed by atoms with Gasteiger partial charge >= 0.3 is 0 Å². The number of hydrogen-bond donors (Lipinski definition) is 1. The van der Waals surface area contributed by atoms with Crippen LogP contribution < -0.4 is 10.2 Å². The minimum Gasteiger partial charge on any atom is -0.368 e. The molecule has 2 rings (SSSR count). The fraction of sp³-hybridized carbons (Fsp3) is 0.500. The lowest BCUT2D eigenvalue weighted by molar-refractivity contribution is 0.428. The zero-order chi connectivity index (χ0) is 11.8. The highest BCUT2D eigenvalue weighted by molar-refractivity contribution is 6.43. The van der Waals surface area contributed by atoms with Crippen LogP contribution in [0, 0.1) is 0 Å². The molecule has 1 fully saturated rings. The van der Waals surface area contributed by atoms with Crippen LogP contribution in [0.5, 0.6) is 0 Å². The lowest BCUT2D eigenvalue weighted by Crippen LogP contribution is -2.42. The van der Waals surface area contributed by atoms with E-state index in [2.05, 4.69) is 17.1 Å². The maximum atomic E-state index is 6.22. The maximum absolute atomic E-state index is 6.22. The first-order chi connectivity index (χ1) is 7.56. The molecule has 0 aromatic heterocycles. The van der Waals surface area contributed by atoms with E-state index in [1.807, 2.05) is 25.2 Å². The van der Waals surface area contributed by atoms with Gasteiger partial charge in [0.05, 0.1) is 15.7 Å². The lowest BCUT2D eigenvalue weighted by atomic mass is 10.0. The summed E-state index contributed by atoms with van der Waals surface area (Å²) in [5.41, 5.74) is 1.21. The highest BCUT2D eigenvalue weighted by Crippen LogP contribution is 2.35. The summed E-state index contributed by atoms with van der Waals surface area (Å²) in [7, 11) is 2.00. The monoisotopic (exact) mass is 258 g/mol. The van der Waals surface area contributed by atoms with Gasteiger partial charge in [0.25, 0.3) is 0 Å². The molecule has 1 atom stereocenters. The van der Waals surface area contributed by atoms with Gasteiger partial charge in [0.2, 0.25) is 0 Å². The van der Waals surface area contributed by atoms with E-state index < -0.39 is 0 Å². The largest absolute Gasteiger partial charge is 0.368 e. The quantitative estimate of drug-likeness (QED) is 0.877. The molecular formula is C12H16Cl2N2. The van der Waals surface area contributed by atoms with Crippen molar-refractivity contribution >= 4 is 28.9 Å². The molecule has 0 bridgehead atoms. The lowest BCUT2D eigenvalue weighted by Gasteiger charge is -2.25. The zero-order valence-electron chi connectivity index (χ0n) is 9.56. The standard InChI is InChI=1S/C12H16Cl2N2/c1-12(15-2)6-7-16(8-12)10-5-3-4-9(13)11(10)14/h3-5,15H,6-8H2,1-2H3. The van der Waals surface area contributed by atoms with Gasteiger partial charge in [0, 0.05) is 18.6 Å². The van der Waals surface area contributed by atoms with Crippen molar-refractivity contribution in [1.82, 2.24) is 5.32 Å². The highest BCUT2D eigenvalue weighted by atomic mass is 35.5. The molecule has 1 heterocycles. The second-order valence-electron chi connectivity index (χ2n) is 4.56. The summed E-state index contributed by atoms with van der Waals surface area (Å²) in [4.78, 5) is 2.28.